The topological polar surface area (TPSA) is 343 Å². The van der Waals surface area contributed by atoms with Crippen molar-refractivity contribution in [2.75, 3.05) is 19.8 Å². The van der Waals surface area contributed by atoms with E-state index in [0.717, 1.165) is 6.92 Å². The number of rotatable bonds is 15. The Morgan fingerprint density at radius 3 is 2.12 bits per heavy atom. The molecule has 0 aromatic rings. The Labute approximate surface area is 243 Å². The van der Waals surface area contributed by atoms with Crippen molar-refractivity contribution < 1.29 is 94.6 Å². The second-order valence-electron chi connectivity index (χ2n) is 10.2. The number of hydrogen-bond donors (Lipinski definition) is 13. The molecule has 20 heteroatoms. The highest BCUT2D eigenvalue weighted by Gasteiger charge is 2.57. The highest BCUT2D eigenvalue weighted by atomic mass is 16.7. The third-order valence-corrected chi connectivity index (χ3v) is 7.02. The highest BCUT2D eigenvalue weighted by Crippen LogP contribution is 2.35. The maximum absolute atomic E-state index is 12.3. The fraction of sp³-hybridized carbons (Fsp3) is 0.870. The molecule has 2 heterocycles. The summed E-state index contributed by atoms with van der Waals surface area (Å²) in [7, 11) is 0. The summed E-state index contributed by atoms with van der Waals surface area (Å²) in [5, 5.41) is 123. The van der Waals surface area contributed by atoms with Crippen LogP contribution in [0.3, 0.4) is 0 Å². The van der Waals surface area contributed by atoms with Gasteiger partial charge in [-0.3, -0.25) is 4.79 Å². The third kappa shape index (κ3) is 8.59. The molecule has 13 N–H and O–H groups in total. The number of amides is 1. The van der Waals surface area contributed by atoms with Crippen molar-refractivity contribution in [2.45, 2.75) is 105 Å². The molecule has 2 aliphatic heterocycles. The number of carbonyl (C=O) groups is 3. The van der Waals surface area contributed by atoms with Crippen LogP contribution in [-0.2, 0) is 33.3 Å². The summed E-state index contributed by atoms with van der Waals surface area (Å²) < 4.78 is 21.4. The standard InChI is InChI=1S/C23H39NO19/c1-7(28)24-13-8(29)2-23(22(38)39,43-20(13)15(34)10(31)4-26)40-6-12-16(35)17(36)18(37)21(41-12)42-19(11(32)5-27)14(33)9(30)3-25/h3,8-21,26-27,29-37H,2,4-6H2,1H3,(H,24,28)(H,38,39)/t8-,9-,10-,11+,12-,13+,14+,15+,16-,17-,18+,19-,20+,21-,23+/m0/s1. The molecule has 20 nitrogen and oxygen atoms in total. The predicted octanol–water partition coefficient (Wildman–Crippen LogP) is -8.38. The first kappa shape index (κ1) is 37.2. The molecule has 2 aliphatic rings. The van der Waals surface area contributed by atoms with Gasteiger partial charge in [-0.25, -0.2) is 4.79 Å². The van der Waals surface area contributed by atoms with Crippen LogP contribution in [0.1, 0.15) is 13.3 Å². The Morgan fingerprint density at radius 2 is 1.60 bits per heavy atom. The number of aliphatic hydroxyl groups excluding tert-OH is 11. The first-order chi connectivity index (χ1) is 20.0. The zero-order chi connectivity index (χ0) is 32.8. The molecular formula is C23H39NO19. The second-order valence-corrected chi connectivity index (χ2v) is 10.2. The lowest BCUT2D eigenvalue weighted by Crippen LogP contribution is -2.68. The molecule has 2 rings (SSSR count). The van der Waals surface area contributed by atoms with Crippen LogP contribution in [0.4, 0.5) is 0 Å². The van der Waals surface area contributed by atoms with Gasteiger partial charge in [0.25, 0.3) is 5.79 Å². The number of aliphatic hydroxyl groups is 11. The molecule has 0 aromatic heterocycles. The van der Waals surface area contributed by atoms with Gasteiger partial charge in [-0.15, -0.1) is 0 Å². The number of ether oxygens (including phenoxy) is 4. The molecule has 0 radical (unpaired) electrons. The Hall–Kier alpha value is -1.99. The monoisotopic (exact) mass is 633 g/mol. The summed E-state index contributed by atoms with van der Waals surface area (Å²) in [5.41, 5.74) is 0. The summed E-state index contributed by atoms with van der Waals surface area (Å²) in [5.74, 6) is -5.51. The van der Waals surface area contributed by atoms with Gasteiger partial charge >= 0.3 is 5.97 Å². The molecule has 2 saturated heterocycles. The minimum absolute atomic E-state index is 0.122. The summed E-state index contributed by atoms with van der Waals surface area (Å²) in [6.07, 6.45) is -27.1. The highest BCUT2D eigenvalue weighted by molar-refractivity contribution is 5.76. The molecule has 43 heavy (non-hydrogen) atoms. The quantitative estimate of drug-likeness (QED) is 0.0744. The number of carbonyl (C=O) groups excluding carboxylic acids is 2. The molecule has 0 aromatic carbocycles. The molecule has 1 amide bonds. The van der Waals surface area contributed by atoms with E-state index >= 15 is 0 Å². The normalized spacial score (nSPS) is 37.4. The van der Waals surface area contributed by atoms with Crippen LogP contribution < -0.4 is 5.32 Å². The number of carboxylic acid groups (broad SMARTS) is 1. The molecule has 0 spiro atoms. The van der Waals surface area contributed by atoms with Crippen LogP contribution in [0, 0.1) is 0 Å². The molecule has 2 fully saturated rings. The van der Waals surface area contributed by atoms with Crippen LogP contribution in [0.15, 0.2) is 0 Å². The van der Waals surface area contributed by atoms with E-state index in [1.54, 1.807) is 0 Å². The van der Waals surface area contributed by atoms with E-state index in [1.165, 1.54) is 0 Å². The number of aldehydes is 1. The number of hydrogen-bond acceptors (Lipinski definition) is 18. The van der Waals surface area contributed by atoms with Crippen molar-refractivity contribution in [1.82, 2.24) is 5.32 Å². The van der Waals surface area contributed by atoms with Gasteiger partial charge in [0.1, 0.15) is 67.1 Å². The van der Waals surface area contributed by atoms with E-state index in [9.17, 15) is 75.7 Å². The van der Waals surface area contributed by atoms with Gasteiger partial charge in [-0.05, 0) is 0 Å². The predicted molar refractivity (Wildman–Crippen MR) is 131 cm³/mol. The maximum atomic E-state index is 12.3. The molecule has 0 unspecified atom stereocenters. The lowest BCUT2D eigenvalue weighted by molar-refractivity contribution is -0.348. The molecule has 250 valence electrons. The fourth-order valence-corrected chi connectivity index (χ4v) is 4.59. The molecule has 0 saturated carbocycles. The molecule has 0 aliphatic carbocycles. The summed E-state index contributed by atoms with van der Waals surface area (Å²) in [4.78, 5) is 34.9. The molecular weight excluding hydrogens is 594 g/mol. The van der Waals surface area contributed by atoms with Gasteiger partial charge in [0.2, 0.25) is 5.91 Å². The third-order valence-electron chi connectivity index (χ3n) is 7.02. The van der Waals surface area contributed by atoms with Crippen molar-refractivity contribution in [3.8, 4) is 0 Å². The Balaban J connectivity index is 2.33. The van der Waals surface area contributed by atoms with E-state index in [2.05, 4.69) is 5.32 Å². The lowest BCUT2D eigenvalue weighted by atomic mass is 9.88. The van der Waals surface area contributed by atoms with Crippen molar-refractivity contribution >= 4 is 18.2 Å². The van der Waals surface area contributed by atoms with Crippen molar-refractivity contribution in [3.05, 3.63) is 0 Å². The Morgan fingerprint density at radius 1 is 1.00 bits per heavy atom. The number of carboxylic acids is 1. The van der Waals surface area contributed by atoms with E-state index < -0.39 is 129 Å². The van der Waals surface area contributed by atoms with Gasteiger partial charge in [-0.2, -0.15) is 0 Å². The number of nitrogens with one attached hydrogen (secondary N) is 1. The zero-order valence-electron chi connectivity index (χ0n) is 22.7. The summed E-state index contributed by atoms with van der Waals surface area (Å²) in [6.45, 7) is -2.09. The summed E-state index contributed by atoms with van der Waals surface area (Å²) >= 11 is 0. The van der Waals surface area contributed by atoms with Crippen LogP contribution in [0.5, 0.6) is 0 Å². The van der Waals surface area contributed by atoms with E-state index in [1.807, 2.05) is 0 Å². The second kappa shape index (κ2) is 15.8. The Kier molecular flexibility index (Phi) is 13.7. The van der Waals surface area contributed by atoms with E-state index in [-0.39, 0.29) is 6.29 Å². The fourth-order valence-electron chi connectivity index (χ4n) is 4.59. The van der Waals surface area contributed by atoms with Crippen molar-refractivity contribution in [2.24, 2.45) is 0 Å². The average Bonchev–Trinajstić information content (AvgIpc) is 2.97. The van der Waals surface area contributed by atoms with Gasteiger partial charge in [0.15, 0.2) is 12.6 Å². The van der Waals surface area contributed by atoms with Crippen molar-refractivity contribution in [3.63, 3.8) is 0 Å². The van der Waals surface area contributed by atoms with Gasteiger partial charge in [-0.1, -0.05) is 0 Å². The van der Waals surface area contributed by atoms with Gasteiger partial charge in [0, 0.05) is 13.3 Å². The lowest BCUT2D eigenvalue weighted by Gasteiger charge is -2.47. The van der Waals surface area contributed by atoms with Crippen LogP contribution >= 0.6 is 0 Å². The van der Waals surface area contributed by atoms with Crippen LogP contribution in [0.2, 0.25) is 0 Å². The average molecular weight is 634 g/mol. The summed E-state index contributed by atoms with van der Waals surface area (Å²) in [6, 6.07) is -1.50. The minimum Gasteiger partial charge on any atom is -0.477 e. The van der Waals surface area contributed by atoms with Crippen molar-refractivity contribution in [1.29, 1.82) is 0 Å². The number of aliphatic carboxylic acids is 1. The SMILES string of the molecule is CC(=O)N[C@H]1[C@H]([C@H](O)[C@@H](O)CO)O[C@@](OC[C@@H]2O[C@@H](O[C@H]([C@H](O)[C@@H](O)C=O)[C@H](O)CO)[C@H](O)[C@@H](O)[C@H]2O)(C(=O)O)C[C@@H]1O. The van der Waals surface area contributed by atoms with Crippen LogP contribution in [0.25, 0.3) is 0 Å². The first-order valence-corrected chi connectivity index (χ1v) is 13.0. The van der Waals surface area contributed by atoms with Gasteiger partial charge < -0.3 is 90.3 Å². The maximum Gasteiger partial charge on any atom is 0.364 e. The van der Waals surface area contributed by atoms with E-state index in [4.69, 9.17) is 18.9 Å². The largest absolute Gasteiger partial charge is 0.477 e. The van der Waals surface area contributed by atoms with E-state index in [0.29, 0.717) is 0 Å². The molecule has 0 bridgehead atoms. The first-order valence-electron chi connectivity index (χ1n) is 13.0. The van der Waals surface area contributed by atoms with Gasteiger partial charge in [0.05, 0.1) is 32.0 Å². The van der Waals surface area contributed by atoms with Crippen LogP contribution in [-0.4, -0.2) is 191 Å². The zero-order valence-corrected chi connectivity index (χ0v) is 22.7. The Bertz CT molecular complexity index is 927. The minimum atomic E-state index is -2.87. The molecule has 15 atom stereocenters. The smallest absolute Gasteiger partial charge is 0.364 e.